The number of nitrogens with one attached hydrogen (secondary N) is 1. The van der Waals surface area contributed by atoms with Crippen molar-refractivity contribution in [2.75, 3.05) is 13.7 Å². The SMILES string of the molecule is [2H]c1c([2H])c(C2([2H])CNC(=O)C2)c([2H])c(OC2C([2H])([2H])C([2H])([2H])C([2H])([2H])C2([2H])[2H])c1OC. The number of methoxy groups -OCH3 is 1. The second-order valence-corrected chi connectivity index (χ2v) is 4.21. The van der Waals surface area contributed by atoms with Crippen LogP contribution < -0.4 is 14.8 Å². The first-order valence-corrected chi connectivity index (χ1v) is 6.00. The highest BCUT2D eigenvalue weighted by molar-refractivity contribution is 5.79. The van der Waals surface area contributed by atoms with E-state index in [1.807, 2.05) is 0 Å². The quantitative estimate of drug-likeness (QED) is 0.926. The average Bonchev–Trinajstić information content (AvgIpc) is 3.03. The van der Waals surface area contributed by atoms with Crippen LogP contribution in [0.2, 0.25) is 0 Å². The predicted octanol–water partition coefficient (Wildman–Crippen LogP) is 2.62. The molecule has 1 saturated carbocycles. The van der Waals surface area contributed by atoms with Gasteiger partial charge < -0.3 is 14.8 Å². The van der Waals surface area contributed by atoms with Crippen molar-refractivity contribution in [1.29, 1.82) is 0 Å². The highest BCUT2D eigenvalue weighted by atomic mass is 16.5. The molecule has 4 nitrogen and oxygen atoms in total. The van der Waals surface area contributed by atoms with Crippen LogP contribution in [-0.4, -0.2) is 25.7 Å². The molecule has 0 spiro atoms. The van der Waals surface area contributed by atoms with Crippen molar-refractivity contribution in [2.45, 2.75) is 43.9 Å². The zero-order valence-electron chi connectivity index (χ0n) is 22.7. The van der Waals surface area contributed by atoms with Gasteiger partial charge in [-0.25, -0.2) is 0 Å². The molecule has 3 rings (SSSR count). The third-order valence-electron chi connectivity index (χ3n) is 2.88. The zero-order valence-corrected chi connectivity index (χ0v) is 10.7. The lowest BCUT2D eigenvalue weighted by Gasteiger charge is -2.18. The Bertz CT molecular complexity index is 956. The second kappa shape index (κ2) is 5.73. The van der Waals surface area contributed by atoms with Crippen molar-refractivity contribution >= 4 is 5.91 Å². The molecule has 1 N–H and O–H groups in total. The number of amides is 1. The number of hydrogen-bond donors (Lipinski definition) is 1. The summed E-state index contributed by atoms with van der Waals surface area (Å²) in [4.78, 5) is 11.7. The van der Waals surface area contributed by atoms with E-state index in [2.05, 4.69) is 5.32 Å². The summed E-state index contributed by atoms with van der Waals surface area (Å²) in [7, 11) is 1.06. The highest BCUT2D eigenvalue weighted by Gasteiger charge is 2.25. The van der Waals surface area contributed by atoms with Crippen molar-refractivity contribution in [3.8, 4) is 11.5 Å². The van der Waals surface area contributed by atoms with Gasteiger partial charge in [0, 0.05) is 31.2 Å². The highest BCUT2D eigenvalue weighted by Crippen LogP contribution is 2.35. The fourth-order valence-corrected chi connectivity index (χ4v) is 1.90. The lowest BCUT2D eigenvalue weighted by molar-refractivity contribution is -0.119. The van der Waals surface area contributed by atoms with Crippen LogP contribution >= 0.6 is 0 Å². The molecule has 1 saturated heterocycles. The van der Waals surface area contributed by atoms with Crippen LogP contribution in [0.4, 0.5) is 0 Å². The number of carbonyl (C=O) groups excluding carboxylic acids is 1. The van der Waals surface area contributed by atoms with E-state index < -0.39 is 85.0 Å². The fraction of sp³-hybridized carbons (Fsp3) is 0.562. The molecule has 108 valence electrons. The van der Waals surface area contributed by atoms with Gasteiger partial charge in [-0.2, -0.15) is 0 Å². The molecule has 1 heterocycles. The Morgan fingerprint density at radius 3 is 2.85 bits per heavy atom. The van der Waals surface area contributed by atoms with Crippen LogP contribution in [0, 0.1) is 0 Å². The van der Waals surface area contributed by atoms with Gasteiger partial charge in [0.25, 0.3) is 0 Å². The molecule has 1 unspecified atom stereocenters. The molecule has 2 aliphatic rings. The van der Waals surface area contributed by atoms with Crippen molar-refractivity contribution in [1.82, 2.24) is 5.32 Å². The summed E-state index contributed by atoms with van der Waals surface area (Å²) in [6, 6.07) is -1.99. The van der Waals surface area contributed by atoms with Gasteiger partial charge in [-0.05, 0) is 43.1 Å². The Balaban J connectivity index is 2.24. The van der Waals surface area contributed by atoms with Gasteiger partial charge in [0.15, 0.2) is 11.5 Å². The summed E-state index contributed by atoms with van der Waals surface area (Å²) in [6.07, 6.45) is -15.9. The zero-order chi connectivity index (χ0) is 24.7. The molecule has 1 aromatic carbocycles. The monoisotopic (exact) mass is 287 g/mol. The van der Waals surface area contributed by atoms with Crippen LogP contribution in [0.15, 0.2) is 18.1 Å². The number of carbonyl (C=O) groups is 1. The minimum atomic E-state index is -3.33. The lowest BCUT2D eigenvalue weighted by Crippen LogP contribution is -2.14. The van der Waals surface area contributed by atoms with E-state index in [0.717, 1.165) is 7.11 Å². The molecule has 20 heavy (non-hydrogen) atoms. The molecule has 1 amide bonds. The molecule has 0 bridgehead atoms. The van der Waals surface area contributed by atoms with Gasteiger partial charge in [-0.3, -0.25) is 4.79 Å². The number of benzene rings is 1. The first kappa shape index (κ1) is 5.24. The van der Waals surface area contributed by atoms with E-state index >= 15 is 0 Å². The van der Waals surface area contributed by atoms with Crippen LogP contribution in [0.25, 0.3) is 0 Å². The first-order valence-electron chi connectivity index (χ1n) is 12.0. The number of ether oxygens (including phenoxy) is 2. The minimum Gasteiger partial charge on any atom is -0.493 e. The van der Waals surface area contributed by atoms with E-state index in [0.29, 0.717) is 0 Å². The van der Waals surface area contributed by atoms with Gasteiger partial charge in [0.05, 0.1) is 17.3 Å². The molecule has 2 fully saturated rings. The molecule has 0 aromatic heterocycles. The van der Waals surface area contributed by atoms with E-state index in [1.165, 1.54) is 0 Å². The Morgan fingerprint density at radius 2 is 2.20 bits per heavy atom. The van der Waals surface area contributed by atoms with Crippen LogP contribution in [0.5, 0.6) is 11.5 Å². The fourth-order valence-electron chi connectivity index (χ4n) is 1.90. The normalized spacial score (nSPS) is 45.4. The largest absolute Gasteiger partial charge is 0.493 e. The third-order valence-corrected chi connectivity index (χ3v) is 2.88. The maximum atomic E-state index is 11.7. The number of rotatable bonds is 4. The third kappa shape index (κ3) is 2.74. The van der Waals surface area contributed by atoms with Gasteiger partial charge in [0.2, 0.25) is 5.91 Å². The maximum absolute atomic E-state index is 11.7. The predicted molar refractivity (Wildman–Crippen MR) is 76.2 cm³/mol. The van der Waals surface area contributed by atoms with Gasteiger partial charge in [0.1, 0.15) is 0 Å². The van der Waals surface area contributed by atoms with Crippen molar-refractivity contribution in [3.63, 3.8) is 0 Å². The van der Waals surface area contributed by atoms with Crippen molar-refractivity contribution < 1.29 is 30.7 Å². The molecule has 1 aliphatic carbocycles. The van der Waals surface area contributed by atoms with Crippen LogP contribution in [0.3, 0.4) is 0 Å². The Morgan fingerprint density at radius 1 is 1.40 bits per heavy atom. The summed E-state index contributed by atoms with van der Waals surface area (Å²) in [6.45, 7) is -0.273. The Kier molecular flexibility index (Phi) is 1.50. The Labute approximate surface area is 136 Å². The topological polar surface area (TPSA) is 47.6 Å². The maximum Gasteiger partial charge on any atom is 0.220 e. The molecular weight excluding hydrogens is 254 g/mol. The molecule has 1 aromatic rings. The van der Waals surface area contributed by atoms with E-state index in [4.69, 9.17) is 25.9 Å². The number of hydrogen-bond acceptors (Lipinski definition) is 3. The molecule has 0 radical (unpaired) electrons. The van der Waals surface area contributed by atoms with E-state index in [9.17, 15) is 4.79 Å². The van der Waals surface area contributed by atoms with Gasteiger partial charge >= 0.3 is 0 Å². The minimum absolute atomic E-state index is 0.273. The average molecular weight is 287 g/mol. The first-order chi connectivity index (χ1) is 14.4. The molecular formula is C16H21NO3. The smallest absolute Gasteiger partial charge is 0.220 e. The van der Waals surface area contributed by atoms with Gasteiger partial charge in [-0.15, -0.1) is 0 Å². The summed E-state index contributed by atoms with van der Waals surface area (Å²) in [5, 5.41) is 2.41. The van der Waals surface area contributed by atoms with E-state index in [1.54, 1.807) is 0 Å². The second-order valence-electron chi connectivity index (χ2n) is 4.21. The summed E-state index contributed by atoms with van der Waals surface area (Å²) < 4.78 is 108. The molecule has 4 heteroatoms. The summed E-state index contributed by atoms with van der Waals surface area (Å²) in [5.74, 6) is -3.64. The van der Waals surface area contributed by atoms with Gasteiger partial charge in [-0.1, -0.05) is 6.04 Å². The molecule has 1 aliphatic heterocycles. The van der Waals surface area contributed by atoms with Crippen molar-refractivity contribution in [3.05, 3.63) is 23.7 Å². The lowest BCUT2D eigenvalue weighted by atomic mass is 9.98. The summed E-state index contributed by atoms with van der Waals surface area (Å²) >= 11 is 0. The van der Waals surface area contributed by atoms with Crippen LogP contribution in [0.1, 0.15) is 59.8 Å². The summed E-state index contributed by atoms with van der Waals surface area (Å²) in [5.41, 5.74) is -0.401. The van der Waals surface area contributed by atoms with E-state index in [-0.39, 0.29) is 6.54 Å². The Hall–Kier alpha value is -1.71. The van der Waals surface area contributed by atoms with Crippen molar-refractivity contribution in [2.24, 2.45) is 0 Å². The molecule has 1 atom stereocenters. The standard InChI is InChI=1S/C16H21NO3/c1-19-14-7-6-11(12-9-16(18)17-10-12)8-15(14)20-13-4-2-3-5-13/h6-8,12-13H,2-5,9-10H2,1H3,(H,17,18)/i2D2,3D2,4D2,5D2,6D,7D,8D,12D. The van der Waals surface area contributed by atoms with Crippen LogP contribution in [-0.2, 0) is 4.79 Å².